The molecule has 20 heavy (non-hydrogen) atoms. The van der Waals surface area contributed by atoms with Crippen LogP contribution in [0.3, 0.4) is 0 Å². The second-order valence-corrected chi connectivity index (χ2v) is 5.35. The lowest BCUT2D eigenvalue weighted by molar-refractivity contribution is 0.0924. The number of amides is 1. The molecule has 0 spiro atoms. The van der Waals surface area contributed by atoms with E-state index in [0.717, 1.165) is 31.5 Å². The van der Waals surface area contributed by atoms with Gasteiger partial charge < -0.3 is 11.1 Å². The Labute approximate surface area is 121 Å². The van der Waals surface area contributed by atoms with Crippen molar-refractivity contribution < 1.29 is 4.79 Å². The van der Waals surface area contributed by atoms with E-state index in [0.29, 0.717) is 18.0 Å². The zero-order valence-electron chi connectivity index (χ0n) is 13.1. The van der Waals surface area contributed by atoms with Crippen LogP contribution in [0.1, 0.15) is 56.1 Å². The van der Waals surface area contributed by atoms with E-state index in [4.69, 9.17) is 5.73 Å². The highest BCUT2D eigenvalue weighted by Gasteiger charge is 2.19. The van der Waals surface area contributed by atoms with E-state index in [9.17, 15) is 4.79 Å². The molecule has 1 rings (SSSR count). The quantitative estimate of drug-likeness (QED) is 0.766. The summed E-state index contributed by atoms with van der Waals surface area (Å²) >= 11 is 0. The van der Waals surface area contributed by atoms with Crippen LogP contribution in [0.2, 0.25) is 0 Å². The summed E-state index contributed by atoms with van der Waals surface area (Å²) in [4.78, 5) is 12.3. The smallest absolute Gasteiger partial charge is 0.254 e. The Hall–Kier alpha value is -1.36. The highest BCUT2D eigenvalue weighted by molar-refractivity contribution is 5.95. The highest BCUT2D eigenvalue weighted by Crippen LogP contribution is 2.14. The van der Waals surface area contributed by atoms with Crippen molar-refractivity contribution in [1.29, 1.82) is 0 Å². The topological polar surface area (TPSA) is 72.9 Å². The lowest BCUT2D eigenvalue weighted by atomic mass is 9.95. The maximum atomic E-state index is 12.3. The summed E-state index contributed by atoms with van der Waals surface area (Å²) in [7, 11) is 0. The van der Waals surface area contributed by atoms with Crippen LogP contribution in [0.4, 0.5) is 0 Å². The Morgan fingerprint density at radius 1 is 1.45 bits per heavy atom. The van der Waals surface area contributed by atoms with Gasteiger partial charge in [0.05, 0.1) is 11.8 Å². The third kappa shape index (κ3) is 4.07. The largest absolute Gasteiger partial charge is 0.349 e. The molecule has 1 aromatic heterocycles. The molecule has 1 heterocycles. The van der Waals surface area contributed by atoms with Crippen molar-refractivity contribution in [2.45, 2.75) is 59.5 Å². The van der Waals surface area contributed by atoms with Gasteiger partial charge in [0, 0.05) is 18.3 Å². The summed E-state index contributed by atoms with van der Waals surface area (Å²) in [5.41, 5.74) is 7.08. The molecule has 0 saturated heterocycles. The summed E-state index contributed by atoms with van der Waals surface area (Å²) in [5.74, 6) is 0.493. The first-order valence-corrected chi connectivity index (χ1v) is 7.58. The number of hydrogen-bond acceptors (Lipinski definition) is 3. The molecule has 0 radical (unpaired) electrons. The second-order valence-electron chi connectivity index (χ2n) is 5.35. The molecular weight excluding hydrogens is 252 g/mol. The average Bonchev–Trinajstić information content (AvgIpc) is 2.79. The van der Waals surface area contributed by atoms with Gasteiger partial charge in [-0.3, -0.25) is 9.48 Å². The van der Waals surface area contributed by atoms with Crippen molar-refractivity contribution in [1.82, 2.24) is 15.1 Å². The number of nitrogens with two attached hydrogens (primary N) is 1. The Morgan fingerprint density at radius 3 is 2.65 bits per heavy atom. The number of nitrogens with zero attached hydrogens (tertiary/aromatic N) is 2. The van der Waals surface area contributed by atoms with Crippen molar-refractivity contribution in [3.63, 3.8) is 0 Å². The SMILES string of the molecule is CCC(CC)C(C)NC(=O)c1cnn(CCCN)c1C. The molecule has 1 amide bonds. The van der Waals surface area contributed by atoms with Gasteiger partial charge in [0.25, 0.3) is 5.91 Å². The first-order valence-electron chi connectivity index (χ1n) is 7.58. The molecule has 0 aliphatic heterocycles. The maximum Gasteiger partial charge on any atom is 0.254 e. The molecule has 1 unspecified atom stereocenters. The number of carbonyl (C=O) groups is 1. The van der Waals surface area contributed by atoms with Crippen molar-refractivity contribution in [2.75, 3.05) is 6.54 Å². The van der Waals surface area contributed by atoms with Gasteiger partial charge in [-0.15, -0.1) is 0 Å². The summed E-state index contributed by atoms with van der Waals surface area (Å²) < 4.78 is 1.85. The van der Waals surface area contributed by atoms with Gasteiger partial charge in [-0.25, -0.2) is 0 Å². The molecule has 1 aromatic rings. The van der Waals surface area contributed by atoms with E-state index < -0.39 is 0 Å². The number of aryl methyl sites for hydroxylation is 1. The standard InChI is InChI=1S/C15H28N4O/c1-5-13(6-2)11(3)18-15(20)14-10-17-19(12(14)4)9-7-8-16/h10-11,13H,5-9,16H2,1-4H3,(H,18,20). The Morgan fingerprint density at radius 2 is 2.10 bits per heavy atom. The van der Waals surface area contributed by atoms with Gasteiger partial charge in [0.1, 0.15) is 0 Å². The summed E-state index contributed by atoms with van der Waals surface area (Å²) in [6.45, 7) is 9.72. The summed E-state index contributed by atoms with van der Waals surface area (Å²) in [6, 6.07) is 0.185. The minimum absolute atomic E-state index is 0.0269. The fraction of sp³-hybridized carbons (Fsp3) is 0.733. The van der Waals surface area contributed by atoms with Crippen LogP contribution < -0.4 is 11.1 Å². The van der Waals surface area contributed by atoms with Crippen LogP contribution >= 0.6 is 0 Å². The van der Waals surface area contributed by atoms with Gasteiger partial charge in [-0.1, -0.05) is 26.7 Å². The monoisotopic (exact) mass is 280 g/mol. The van der Waals surface area contributed by atoms with E-state index in [1.807, 2.05) is 11.6 Å². The average molecular weight is 280 g/mol. The van der Waals surface area contributed by atoms with Gasteiger partial charge in [0.15, 0.2) is 0 Å². The first-order chi connectivity index (χ1) is 9.54. The van der Waals surface area contributed by atoms with Gasteiger partial charge in [0.2, 0.25) is 0 Å². The lowest BCUT2D eigenvalue weighted by Gasteiger charge is -2.22. The minimum atomic E-state index is -0.0269. The van der Waals surface area contributed by atoms with Crippen LogP contribution in [0.5, 0.6) is 0 Å². The zero-order chi connectivity index (χ0) is 15.1. The molecule has 0 aliphatic rings. The summed E-state index contributed by atoms with van der Waals surface area (Å²) in [5, 5.41) is 7.36. The maximum absolute atomic E-state index is 12.3. The van der Waals surface area contributed by atoms with Crippen LogP contribution in [-0.4, -0.2) is 28.3 Å². The minimum Gasteiger partial charge on any atom is -0.349 e. The molecular formula is C15H28N4O. The van der Waals surface area contributed by atoms with Crippen molar-refractivity contribution in [3.05, 3.63) is 17.5 Å². The molecule has 1 atom stereocenters. The molecule has 0 fully saturated rings. The lowest BCUT2D eigenvalue weighted by Crippen LogP contribution is -2.37. The van der Waals surface area contributed by atoms with Crippen molar-refractivity contribution in [3.8, 4) is 0 Å². The number of nitrogens with one attached hydrogen (secondary N) is 1. The number of hydrogen-bond donors (Lipinski definition) is 2. The van der Waals surface area contributed by atoms with Gasteiger partial charge in [-0.05, 0) is 32.7 Å². The van der Waals surface area contributed by atoms with Gasteiger partial charge >= 0.3 is 0 Å². The Balaban J connectivity index is 2.70. The van der Waals surface area contributed by atoms with Crippen LogP contribution in [0.15, 0.2) is 6.20 Å². The number of aromatic nitrogens is 2. The van der Waals surface area contributed by atoms with E-state index in [2.05, 4.69) is 31.2 Å². The van der Waals surface area contributed by atoms with Crippen LogP contribution in [-0.2, 0) is 6.54 Å². The van der Waals surface area contributed by atoms with Crippen molar-refractivity contribution in [2.24, 2.45) is 11.7 Å². The third-order valence-corrected chi connectivity index (χ3v) is 4.04. The first kappa shape index (κ1) is 16.7. The number of rotatable bonds is 8. The molecule has 0 saturated carbocycles. The molecule has 0 aromatic carbocycles. The molecule has 5 heteroatoms. The Kier molecular flexibility index (Phi) is 6.71. The zero-order valence-corrected chi connectivity index (χ0v) is 13.1. The molecule has 114 valence electrons. The van der Waals surface area contributed by atoms with Gasteiger partial charge in [-0.2, -0.15) is 5.10 Å². The Bertz CT molecular complexity index is 424. The van der Waals surface area contributed by atoms with Crippen LogP contribution in [0, 0.1) is 12.8 Å². The van der Waals surface area contributed by atoms with Crippen LogP contribution in [0.25, 0.3) is 0 Å². The second kappa shape index (κ2) is 8.04. The molecule has 0 aliphatic carbocycles. The normalized spacial score (nSPS) is 12.7. The predicted molar refractivity (Wildman–Crippen MR) is 81.6 cm³/mol. The number of carbonyl (C=O) groups excluding carboxylic acids is 1. The molecule has 3 N–H and O–H groups in total. The fourth-order valence-corrected chi connectivity index (χ4v) is 2.53. The van der Waals surface area contributed by atoms with E-state index >= 15 is 0 Å². The van der Waals surface area contributed by atoms with E-state index in [1.54, 1.807) is 6.20 Å². The van der Waals surface area contributed by atoms with Crippen molar-refractivity contribution >= 4 is 5.91 Å². The predicted octanol–water partition coefficient (Wildman–Crippen LogP) is 2.09. The molecule has 0 bridgehead atoms. The van der Waals surface area contributed by atoms with E-state index in [1.165, 1.54) is 0 Å². The summed E-state index contributed by atoms with van der Waals surface area (Å²) in [6.07, 6.45) is 4.67. The van der Waals surface area contributed by atoms with E-state index in [-0.39, 0.29) is 11.9 Å². The molecule has 5 nitrogen and oxygen atoms in total. The third-order valence-electron chi connectivity index (χ3n) is 4.04. The highest BCUT2D eigenvalue weighted by atomic mass is 16.1. The fourth-order valence-electron chi connectivity index (χ4n) is 2.53.